The number of fused-ring (bicyclic) bond motifs is 8. The Bertz CT molecular complexity index is 611. The second-order valence-corrected chi connectivity index (χ2v) is 11.8. The molecule has 1 N–H and O–H groups in total. The Balaban J connectivity index is 1.49. The highest BCUT2D eigenvalue weighted by Crippen LogP contribution is 2.70. The Kier molecular flexibility index (Phi) is 5.14. The fraction of sp³-hybridized carbons (Fsp3) is 0.958. The van der Waals surface area contributed by atoms with Gasteiger partial charge in [0, 0.05) is 0 Å². The zero-order valence-electron chi connectivity index (χ0n) is 18.9. The Hall–Kier alpha value is -0.610. The van der Waals surface area contributed by atoms with Gasteiger partial charge in [-0.15, -0.1) is 0 Å². The monoisotopic (exact) mass is 391 g/mol. The van der Waals surface area contributed by atoms with Crippen molar-refractivity contribution in [2.75, 3.05) is 14.1 Å². The Morgan fingerprint density at radius 2 is 1.71 bits per heavy atom. The molecule has 4 nitrogen and oxygen atoms in total. The smallest absolute Gasteiger partial charge is 0.324 e. The van der Waals surface area contributed by atoms with Crippen LogP contribution >= 0.6 is 0 Å². The van der Waals surface area contributed by atoms with Gasteiger partial charge in [-0.05, 0) is 86.1 Å². The van der Waals surface area contributed by atoms with Gasteiger partial charge in [0.05, 0.1) is 6.10 Å². The minimum atomic E-state index is -0.471. The predicted molar refractivity (Wildman–Crippen MR) is 111 cm³/mol. The van der Waals surface area contributed by atoms with E-state index in [0.717, 1.165) is 36.0 Å². The van der Waals surface area contributed by atoms with Crippen molar-refractivity contribution < 1.29 is 14.6 Å². The summed E-state index contributed by atoms with van der Waals surface area (Å²) >= 11 is 0. The second-order valence-electron chi connectivity index (χ2n) is 11.8. The molecule has 0 amide bonds. The molecule has 4 saturated carbocycles. The molecule has 28 heavy (non-hydrogen) atoms. The van der Waals surface area contributed by atoms with Gasteiger partial charge in [0.1, 0.15) is 12.1 Å². The SMILES string of the molecule is CCC1CC(C)C2C3CC(C4C(O)C(OC(=O)C(N(C)C)C(C)(C)C)CC34)C12. The van der Waals surface area contributed by atoms with Crippen molar-refractivity contribution in [1.29, 1.82) is 0 Å². The molecule has 4 rings (SSSR count). The number of carbonyl (C=O) groups excluding carboxylic acids is 1. The summed E-state index contributed by atoms with van der Waals surface area (Å²) in [7, 11) is 3.87. The molecule has 11 atom stereocenters. The number of aliphatic hydroxyl groups is 1. The zero-order chi connectivity index (χ0) is 20.5. The van der Waals surface area contributed by atoms with Gasteiger partial charge in [-0.1, -0.05) is 41.0 Å². The van der Waals surface area contributed by atoms with E-state index in [-0.39, 0.29) is 23.5 Å². The first-order valence-electron chi connectivity index (χ1n) is 11.6. The van der Waals surface area contributed by atoms with Gasteiger partial charge in [-0.3, -0.25) is 9.69 Å². The van der Waals surface area contributed by atoms with Crippen LogP contribution in [0.3, 0.4) is 0 Å². The van der Waals surface area contributed by atoms with E-state index in [1.807, 2.05) is 19.0 Å². The molecule has 4 aliphatic carbocycles. The second kappa shape index (κ2) is 6.97. The fourth-order valence-corrected chi connectivity index (χ4v) is 8.54. The number of esters is 1. The normalized spacial score (nSPS) is 48.0. The lowest BCUT2D eigenvalue weighted by molar-refractivity contribution is -0.164. The van der Waals surface area contributed by atoms with Crippen molar-refractivity contribution in [2.45, 2.75) is 78.6 Å². The van der Waals surface area contributed by atoms with Crippen LogP contribution in [0.1, 0.15) is 60.3 Å². The minimum Gasteiger partial charge on any atom is -0.458 e. The molecular formula is C24H41NO3. The van der Waals surface area contributed by atoms with Crippen LogP contribution in [0.25, 0.3) is 0 Å². The van der Waals surface area contributed by atoms with E-state index in [0.29, 0.717) is 17.8 Å². The summed E-state index contributed by atoms with van der Waals surface area (Å²) < 4.78 is 6.01. The average molecular weight is 392 g/mol. The number of carbonyl (C=O) groups is 1. The van der Waals surface area contributed by atoms with Crippen LogP contribution in [0.2, 0.25) is 0 Å². The largest absolute Gasteiger partial charge is 0.458 e. The van der Waals surface area contributed by atoms with Crippen LogP contribution in [-0.4, -0.2) is 48.3 Å². The lowest BCUT2D eigenvalue weighted by Gasteiger charge is -2.38. The number of rotatable bonds is 4. The van der Waals surface area contributed by atoms with Crippen molar-refractivity contribution in [1.82, 2.24) is 4.90 Å². The van der Waals surface area contributed by atoms with E-state index in [4.69, 9.17) is 4.74 Å². The number of hydrogen-bond donors (Lipinski definition) is 1. The number of nitrogens with zero attached hydrogens (tertiary/aromatic N) is 1. The van der Waals surface area contributed by atoms with Gasteiger partial charge < -0.3 is 9.84 Å². The number of likely N-dealkylation sites (N-methyl/N-ethyl adjacent to an activating group) is 1. The molecule has 4 fully saturated rings. The first kappa shape index (κ1) is 20.7. The highest BCUT2D eigenvalue weighted by atomic mass is 16.6. The molecule has 0 spiro atoms. The van der Waals surface area contributed by atoms with Crippen LogP contribution in [0.15, 0.2) is 0 Å². The van der Waals surface area contributed by atoms with Gasteiger partial charge in [-0.2, -0.15) is 0 Å². The van der Waals surface area contributed by atoms with E-state index in [1.54, 1.807) is 0 Å². The summed E-state index contributed by atoms with van der Waals surface area (Å²) in [4.78, 5) is 15.0. The number of ether oxygens (including phenoxy) is 1. The van der Waals surface area contributed by atoms with Crippen molar-refractivity contribution >= 4 is 5.97 Å². The van der Waals surface area contributed by atoms with Crippen molar-refractivity contribution in [3.63, 3.8) is 0 Å². The minimum absolute atomic E-state index is 0.172. The lowest BCUT2D eigenvalue weighted by atomic mass is 9.67. The van der Waals surface area contributed by atoms with E-state index in [9.17, 15) is 9.90 Å². The summed E-state index contributed by atoms with van der Waals surface area (Å²) in [5, 5.41) is 11.2. The van der Waals surface area contributed by atoms with Crippen molar-refractivity contribution in [2.24, 2.45) is 52.8 Å². The molecular weight excluding hydrogens is 350 g/mol. The molecule has 0 aromatic rings. The average Bonchev–Trinajstić information content (AvgIpc) is 3.27. The van der Waals surface area contributed by atoms with Crippen LogP contribution < -0.4 is 0 Å². The third-order valence-corrected chi connectivity index (χ3v) is 9.02. The maximum atomic E-state index is 13.0. The van der Waals surface area contributed by atoms with Crippen LogP contribution in [0, 0.1) is 52.8 Å². The Labute approximate surface area is 171 Å². The van der Waals surface area contributed by atoms with E-state index < -0.39 is 6.10 Å². The van der Waals surface area contributed by atoms with Crippen molar-refractivity contribution in [3.8, 4) is 0 Å². The molecule has 0 heterocycles. The maximum Gasteiger partial charge on any atom is 0.324 e. The molecule has 160 valence electrons. The summed E-state index contributed by atoms with van der Waals surface area (Å²) in [5.41, 5.74) is -0.195. The van der Waals surface area contributed by atoms with E-state index in [1.165, 1.54) is 19.3 Å². The van der Waals surface area contributed by atoms with Gasteiger partial charge in [-0.25, -0.2) is 0 Å². The van der Waals surface area contributed by atoms with Crippen LogP contribution in [-0.2, 0) is 9.53 Å². The fourth-order valence-electron chi connectivity index (χ4n) is 8.54. The molecule has 2 bridgehead atoms. The van der Waals surface area contributed by atoms with Gasteiger partial charge >= 0.3 is 5.97 Å². The molecule has 0 radical (unpaired) electrons. The highest BCUT2D eigenvalue weighted by Gasteiger charge is 2.67. The number of aliphatic hydroxyl groups excluding tert-OH is 1. The third kappa shape index (κ3) is 2.96. The standard InChI is InChI=1S/C24H41NO3/c1-8-13-9-12(2)18-14-10-16(19(13)18)20-15(14)11-17(21(20)26)28-23(27)22(25(6)7)24(3,4)5/h12-22,26H,8-11H2,1-7H3. The molecule has 4 aliphatic rings. The van der Waals surface area contributed by atoms with Crippen molar-refractivity contribution in [3.05, 3.63) is 0 Å². The Morgan fingerprint density at radius 3 is 2.29 bits per heavy atom. The molecule has 11 unspecified atom stereocenters. The van der Waals surface area contributed by atoms with E-state index >= 15 is 0 Å². The molecule has 0 aromatic carbocycles. The van der Waals surface area contributed by atoms with E-state index in [2.05, 4.69) is 34.6 Å². The summed E-state index contributed by atoms with van der Waals surface area (Å²) in [6.07, 6.45) is 4.05. The molecule has 0 aromatic heterocycles. The lowest BCUT2D eigenvalue weighted by Crippen LogP contribution is -2.48. The quantitative estimate of drug-likeness (QED) is 0.740. The Morgan fingerprint density at radius 1 is 1.07 bits per heavy atom. The molecule has 4 heteroatoms. The van der Waals surface area contributed by atoms with Crippen LogP contribution in [0.4, 0.5) is 0 Å². The molecule has 0 aliphatic heterocycles. The topological polar surface area (TPSA) is 49.8 Å². The summed E-state index contributed by atoms with van der Waals surface area (Å²) in [6, 6.07) is -0.291. The van der Waals surface area contributed by atoms with Gasteiger partial charge in [0.2, 0.25) is 0 Å². The zero-order valence-corrected chi connectivity index (χ0v) is 18.9. The van der Waals surface area contributed by atoms with Gasteiger partial charge in [0.15, 0.2) is 0 Å². The third-order valence-electron chi connectivity index (χ3n) is 9.02. The highest BCUT2D eigenvalue weighted by molar-refractivity contribution is 5.77. The number of hydrogen-bond acceptors (Lipinski definition) is 4. The van der Waals surface area contributed by atoms with Crippen LogP contribution in [0.5, 0.6) is 0 Å². The summed E-state index contributed by atoms with van der Waals surface area (Å²) in [6.45, 7) is 11.0. The summed E-state index contributed by atoms with van der Waals surface area (Å²) in [5.74, 6) is 5.46. The maximum absolute atomic E-state index is 13.0. The van der Waals surface area contributed by atoms with Gasteiger partial charge in [0.25, 0.3) is 0 Å². The first-order chi connectivity index (χ1) is 13.1. The first-order valence-corrected chi connectivity index (χ1v) is 11.6. The predicted octanol–water partition coefficient (Wildman–Crippen LogP) is 3.82. The molecule has 0 saturated heterocycles.